The predicted octanol–water partition coefficient (Wildman–Crippen LogP) is 4.49. The monoisotopic (exact) mass is 364 g/mol. The Balaban J connectivity index is 2.26. The van der Waals surface area contributed by atoms with Crippen LogP contribution in [0.2, 0.25) is 0 Å². The molecule has 11 heteroatoms. The number of H-pyrrole nitrogens is 1. The molecule has 0 saturated carbocycles. The Hall–Kier alpha value is -2.43. The van der Waals surface area contributed by atoms with Gasteiger partial charge in [0.2, 0.25) is 4.77 Å². The molecule has 0 saturated heterocycles. The summed E-state index contributed by atoms with van der Waals surface area (Å²) in [6.07, 6.45) is -8.58. The van der Waals surface area contributed by atoms with Crippen LogP contribution >= 0.6 is 12.2 Å². The molecule has 2 heterocycles. The zero-order valence-corrected chi connectivity index (χ0v) is 12.2. The summed E-state index contributed by atoms with van der Waals surface area (Å²) >= 11 is 4.90. The highest BCUT2D eigenvalue weighted by Crippen LogP contribution is 2.40. The van der Waals surface area contributed by atoms with Crippen LogP contribution in [0.4, 0.5) is 26.3 Å². The van der Waals surface area contributed by atoms with E-state index in [-0.39, 0.29) is 16.5 Å². The van der Waals surface area contributed by atoms with Gasteiger partial charge in [0.1, 0.15) is 0 Å². The molecule has 0 aliphatic carbocycles. The van der Waals surface area contributed by atoms with E-state index >= 15 is 0 Å². The van der Waals surface area contributed by atoms with E-state index in [2.05, 4.69) is 15.3 Å². The number of benzene rings is 1. The number of hydrogen-bond acceptors (Lipinski definition) is 3. The number of aromatic nitrogens is 4. The van der Waals surface area contributed by atoms with Crippen molar-refractivity contribution in [2.75, 3.05) is 0 Å². The molecule has 0 bridgehead atoms. The van der Waals surface area contributed by atoms with Crippen molar-refractivity contribution in [3.8, 4) is 11.3 Å². The van der Waals surface area contributed by atoms with E-state index in [1.165, 1.54) is 12.3 Å². The maximum atomic E-state index is 13.2. The Morgan fingerprint density at radius 3 is 2.29 bits per heavy atom. The van der Waals surface area contributed by atoms with Crippen molar-refractivity contribution in [1.29, 1.82) is 0 Å². The Morgan fingerprint density at radius 2 is 1.71 bits per heavy atom. The third-order valence-electron chi connectivity index (χ3n) is 3.21. The lowest BCUT2D eigenvalue weighted by Gasteiger charge is -2.14. The lowest BCUT2D eigenvalue weighted by molar-refractivity contribution is -0.142. The van der Waals surface area contributed by atoms with Crippen molar-refractivity contribution in [1.82, 2.24) is 19.8 Å². The topological polar surface area (TPSA) is 46.0 Å². The molecule has 4 nitrogen and oxygen atoms in total. The van der Waals surface area contributed by atoms with Crippen LogP contribution in [0.3, 0.4) is 0 Å². The van der Waals surface area contributed by atoms with Crippen molar-refractivity contribution in [2.45, 2.75) is 12.4 Å². The minimum absolute atomic E-state index is 0.0409. The molecule has 0 spiro atoms. The van der Waals surface area contributed by atoms with Gasteiger partial charge < -0.3 is 0 Å². The number of alkyl halides is 6. The molecule has 0 unspecified atom stereocenters. The summed E-state index contributed by atoms with van der Waals surface area (Å²) in [6.45, 7) is 0. The van der Waals surface area contributed by atoms with Gasteiger partial charge in [0, 0.05) is 5.56 Å². The fourth-order valence-electron chi connectivity index (χ4n) is 2.16. The van der Waals surface area contributed by atoms with Crippen molar-refractivity contribution < 1.29 is 26.3 Å². The number of hydrogen-bond donors (Lipinski definition) is 1. The molecule has 0 atom stereocenters. The van der Waals surface area contributed by atoms with E-state index in [4.69, 9.17) is 12.2 Å². The lowest BCUT2D eigenvalue weighted by atomic mass is 10.0. The summed E-state index contributed by atoms with van der Waals surface area (Å²) in [6, 6.07) is 2.65. The summed E-state index contributed by atoms with van der Waals surface area (Å²) in [5.74, 6) is 0. The van der Waals surface area contributed by atoms with Crippen molar-refractivity contribution in [3.63, 3.8) is 0 Å². The van der Waals surface area contributed by atoms with Gasteiger partial charge in [0.05, 0.1) is 28.5 Å². The van der Waals surface area contributed by atoms with Gasteiger partial charge in [-0.05, 0) is 30.4 Å². The lowest BCUT2D eigenvalue weighted by Crippen LogP contribution is -2.12. The maximum Gasteiger partial charge on any atom is 0.417 e. The van der Waals surface area contributed by atoms with Gasteiger partial charge in [0.25, 0.3) is 0 Å². The molecule has 24 heavy (non-hydrogen) atoms. The highest BCUT2D eigenvalue weighted by molar-refractivity contribution is 7.71. The zero-order chi connectivity index (χ0) is 17.7. The molecule has 1 aromatic carbocycles. The smallest absolute Gasteiger partial charge is 0.252 e. The fourth-order valence-corrected chi connectivity index (χ4v) is 2.36. The second-order valence-electron chi connectivity index (χ2n) is 4.80. The minimum atomic E-state index is -4.98. The average molecular weight is 364 g/mol. The third-order valence-corrected chi connectivity index (χ3v) is 3.48. The Bertz CT molecular complexity index is 969. The first-order valence-corrected chi connectivity index (χ1v) is 6.70. The average Bonchev–Trinajstić information content (AvgIpc) is 2.90. The Kier molecular flexibility index (Phi) is 3.62. The van der Waals surface area contributed by atoms with Gasteiger partial charge in [-0.25, -0.2) is 4.52 Å². The van der Waals surface area contributed by atoms with Crippen LogP contribution in [0.1, 0.15) is 11.1 Å². The van der Waals surface area contributed by atoms with Crippen molar-refractivity contribution in [3.05, 3.63) is 46.4 Å². The van der Waals surface area contributed by atoms with E-state index < -0.39 is 29.0 Å². The zero-order valence-electron chi connectivity index (χ0n) is 11.4. The van der Waals surface area contributed by atoms with Crippen LogP contribution in [0, 0.1) is 4.77 Å². The number of rotatable bonds is 1. The molecule has 3 rings (SSSR count). The predicted molar refractivity (Wildman–Crippen MR) is 73.6 cm³/mol. The van der Waals surface area contributed by atoms with Gasteiger partial charge in [-0.15, -0.1) is 0 Å². The van der Waals surface area contributed by atoms with Gasteiger partial charge in [-0.2, -0.15) is 36.5 Å². The highest BCUT2D eigenvalue weighted by atomic mass is 32.1. The van der Waals surface area contributed by atoms with Crippen LogP contribution in [0.25, 0.3) is 16.8 Å². The molecule has 126 valence electrons. The first-order chi connectivity index (χ1) is 11.1. The number of nitrogens with one attached hydrogen (secondary N) is 1. The number of aromatic amines is 1. The largest absolute Gasteiger partial charge is 0.417 e. The first-order valence-electron chi connectivity index (χ1n) is 6.29. The number of fused-ring (bicyclic) bond motifs is 1. The quantitative estimate of drug-likeness (QED) is 0.511. The maximum absolute atomic E-state index is 13.2. The van der Waals surface area contributed by atoms with Gasteiger partial charge in [-0.3, -0.25) is 5.10 Å². The summed E-state index contributed by atoms with van der Waals surface area (Å²) < 4.78 is 78.9. The second-order valence-corrected chi connectivity index (χ2v) is 5.18. The van der Waals surface area contributed by atoms with Crippen LogP contribution < -0.4 is 0 Å². The van der Waals surface area contributed by atoms with Gasteiger partial charge in [-0.1, -0.05) is 6.07 Å². The van der Waals surface area contributed by atoms with E-state index in [9.17, 15) is 26.3 Å². The summed E-state index contributed by atoms with van der Waals surface area (Å²) in [4.78, 5) is 0. The number of halogens is 6. The molecule has 0 radical (unpaired) electrons. The summed E-state index contributed by atoms with van der Waals surface area (Å²) in [5, 5.41) is 9.99. The first kappa shape index (κ1) is 16.4. The highest BCUT2D eigenvalue weighted by Gasteiger charge is 2.38. The molecular weight excluding hydrogens is 358 g/mol. The normalized spacial score (nSPS) is 12.8. The van der Waals surface area contributed by atoms with E-state index in [1.807, 2.05) is 0 Å². The van der Waals surface area contributed by atoms with Crippen LogP contribution in [0.15, 0.2) is 30.5 Å². The van der Waals surface area contributed by atoms with Crippen molar-refractivity contribution in [2.24, 2.45) is 0 Å². The third kappa shape index (κ3) is 2.86. The van der Waals surface area contributed by atoms with Crippen molar-refractivity contribution >= 4 is 17.7 Å². The fraction of sp³-hybridized carbons (Fsp3) is 0.154. The number of nitrogens with zero attached hydrogens (tertiary/aromatic N) is 3. The summed E-state index contributed by atoms with van der Waals surface area (Å²) in [7, 11) is 0. The van der Waals surface area contributed by atoms with Gasteiger partial charge in [0.15, 0.2) is 0 Å². The molecular formula is C13H6F6N4S. The molecule has 0 fully saturated rings. The molecule has 3 aromatic rings. The molecule has 0 amide bonds. The van der Waals surface area contributed by atoms with Gasteiger partial charge >= 0.3 is 12.4 Å². The van der Waals surface area contributed by atoms with E-state index in [0.29, 0.717) is 11.6 Å². The Morgan fingerprint density at radius 1 is 1.00 bits per heavy atom. The standard InChI is InChI=1S/C13H6F6N4S/c14-12(15,16)6-1-2-8(9(3-6)13(17,18)19)10-4-7-5-20-21-11(24)23(7)22-10/h1-5H,(H,21,24). The minimum Gasteiger partial charge on any atom is -0.252 e. The molecule has 0 aliphatic rings. The second kappa shape index (κ2) is 5.30. The molecule has 1 N–H and O–H groups in total. The Labute approximate surface area is 134 Å². The SMILES string of the molecule is FC(F)(F)c1ccc(-c2cc3cn[nH]c(=S)n3n2)c(C(F)(F)F)c1. The van der Waals surface area contributed by atoms with E-state index in [0.717, 1.165) is 10.6 Å². The van der Waals surface area contributed by atoms with E-state index in [1.54, 1.807) is 0 Å². The van der Waals surface area contributed by atoms with Crippen LogP contribution in [-0.2, 0) is 12.4 Å². The summed E-state index contributed by atoms with van der Waals surface area (Å²) in [5.41, 5.74) is -3.15. The van der Waals surface area contributed by atoms with Crippen LogP contribution in [-0.4, -0.2) is 19.8 Å². The molecule has 0 aliphatic heterocycles. The van der Waals surface area contributed by atoms with Crippen LogP contribution in [0.5, 0.6) is 0 Å². The molecule has 2 aromatic heterocycles.